The number of carbonyl (C=O) groups is 1. The first-order valence-corrected chi connectivity index (χ1v) is 11.1. The number of para-hydroxylation sites is 1. The van der Waals surface area contributed by atoms with E-state index >= 15 is 0 Å². The molecule has 1 amide bonds. The van der Waals surface area contributed by atoms with Gasteiger partial charge in [-0.15, -0.1) is 0 Å². The van der Waals surface area contributed by atoms with E-state index < -0.39 is 0 Å². The number of amides is 1. The summed E-state index contributed by atoms with van der Waals surface area (Å²) in [4.78, 5) is 29.8. The topological polar surface area (TPSA) is 73.2 Å². The van der Waals surface area contributed by atoms with Gasteiger partial charge in [0.25, 0.3) is 5.56 Å². The molecule has 1 aliphatic carbocycles. The first kappa shape index (κ1) is 20.5. The summed E-state index contributed by atoms with van der Waals surface area (Å²) < 4.78 is 7.50. The second-order valence-corrected chi connectivity index (χ2v) is 8.52. The highest BCUT2D eigenvalue weighted by Gasteiger charge is 2.28. The molecule has 3 aromatic rings. The minimum absolute atomic E-state index is 0.0205. The van der Waals surface area contributed by atoms with Gasteiger partial charge in [0.2, 0.25) is 5.91 Å². The summed E-state index contributed by atoms with van der Waals surface area (Å²) in [5, 5.41) is 4.11. The summed E-state index contributed by atoms with van der Waals surface area (Å²) >= 11 is 1.31. The van der Waals surface area contributed by atoms with Gasteiger partial charge in [0.05, 0.1) is 23.2 Å². The Labute approximate surface area is 179 Å². The third-order valence-corrected chi connectivity index (χ3v) is 5.98. The lowest BCUT2D eigenvalue weighted by Crippen LogP contribution is -2.30. The van der Waals surface area contributed by atoms with E-state index in [-0.39, 0.29) is 23.3 Å². The van der Waals surface area contributed by atoms with Crippen LogP contribution in [0.4, 0.5) is 0 Å². The number of thioether (sulfide) groups is 1. The Morgan fingerprint density at radius 3 is 2.80 bits per heavy atom. The molecule has 0 bridgehead atoms. The maximum atomic E-state index is 12.9. The van der Waals surface area contributed by atoms with Crippen molar-refractivity contribution in [1.82, 2.24) is 14.9 Å². The summed E-state index contributed by atoms with van der Waals surface area (Å²) in [6.45, 7) is 4.88. The van der Waals surface area contributed by atoms with E-state index in [0.29, 0.717) is 29.2 Å². The number of benzene rings is 2. The number of fused-ring (bicyclic) bond motifs is 1. The van der Waals surface area contributed by atoms with Crippen molar-refractivity contribution in [1.29, 1.82) is 0 Å². The number of aryl methyl sites for hydroxylation is 2. The Morgan fingerprint density at radius 1 is 1.23 bits per heavy atom. The second kappa shape index (κ2) is 8.92. The van der Waals surface area contributed by atoms with Crippen LogP contribution in [0.15, 0.2) is 52.4 Å². The molecule has 1 fully saturated rings. The molecule has 0 aliphatic heterocycles. The molecule has 6 nitrogen and oxygen atoms in total. The smallest absolute Gasteiger partial charge is 0.262 e. The lowest BCUT2D eigenvalue weighted by atomic mass is 10.1. The molecule has 30 heavy (non-hydrogen) atoms. The van der Waals surface area contributed by atoms with E-state index in [0.717, 1.165) is 24.2 Å². The predicted octanol–water partition coefficient (Wildman–Crippen LogP) is 3.64. The monoisotopic (exact) mass is 423 g/mol. The number of ether oxygens (including phenoxy) is 1. The highest BCUT2D eigenvalue weighted by Crippen LogP contribution is 2.36. The number of nitrogens with one attached hydrogen (secondary N) is 1. The maximum absolute atomic E-state index is 12.9. The van der Waals surface area contributed by atoms with Crippen LogP contribution in [-0.2, 0) is 4.79 Å². The third-order valence-electron chi connectivity index (χ3n) is 5.03. The van der Waals surface area contributed by atoms with Gasteiger partial charge >= 0.3 is 0 Å². The van der Waals surface area contributed by atoms with Crippen LogP contribution in [0.1, 0.15) is 30.0 Å². The van der Waals surface area contributed by atoms with Crippen LogP contribution in [0.25, 0.3) is 10.9 Å². The summed E-state index contributed by atoms with van der Waals surface area (Å²) in [5.74, 6) is 0.938. The Kier molecular flexibility index (Phi) is 6.08. The van der Waals surface area contributed by atoms with Crippen LogP contribution >= 0.6 is 11.8 Å². The number of hydrogen-bond acceptors (Lipinski definition) is 5. The standard InChI is InChI=1S/C23H25N3O3S/c1-15-7-10-20(16(2)13-15)29-12-11-24-21(27)14-30-23-25-19-6-4-3-5-18(19)22(28)26(23)17-8-9-17/h3-7,10,13,17H,8-9,11-12,14H2,1-2H3,(H,24,27). The van der Waals surface area contributed by atoms with Gasteiger partial charge < -0.3 is 10.1 Å². The van der Waals surface area contributed by atoms with Crippen LogP contribution in [0, 0.1) is 13.8 Å². The fourth-order valence-corrected chi connectivity index (χ4v) is 4.27. The number of nitrogens with zero attached hydrogens (tertiary/aromatic N) is 2. The number of rotatable bonds is 8. The Bertz CT molecular complexity index is 1140. The predicted molar refractivity (Wildman–Crippen MR) is 119 cm³/mol. The molecule has 1 heterocycles. The minimum atomic E-state index is -0.103. The molecule has 1 N–H and O–H groups in total. The van der Waals surface area contributed by atoms with Gasteiger partial charge in [-0.1, -0.05) is 41.6 Å². The molecular weight excluding hydrogens is 398 g/mol. The quantitative estimate of drug-likeness (QED) is 0.340. The molecule has 1 aromatic heterocycles. The second-order valence-electron chi connectivity index (χ2n) is 7.57. The SMILES string of the molecule is Cc1ccc(OCCNC(=O)CSc2nc3ccccc3c(=O)n2C2CC2)c(C)c1. The Hall–Kier alpha value is -2.80. The molecule has 1 saturated carbocycles. The summed E-state index contributed by atoms with van der Waals surface area (Å²) in [6, 6.07) is 13.6. The van der Waals surface area contributed by atoms with E-state index in [9.17, 15) is 9.59 Å². The average molecular weight is 424 g/mol. The van der Waals surface area contributed by atoms with Crippen LogP contribution in [0.2, 0.25) is 0 Å². The summed E-state index contributed by atoms with van der Waals surface area (Å²) in [7, 11) is 0. The van der Waals surface area contributed by atoms with Crippen molar-refractivity contribution in [2.45, 2.75) is 37.9 Å². The maximum Gasteiger partial charge on any atom is 0.262 e. The largest absolute Gasteiger partial charge is 0.491 e. The van der Waals surface area contributed by atoms with Crippen LogP contribution < -0.4 is 15.6 Å². The molecule has 156 valence electrons. The molecule has 0 radical (unpaired) electrons. The van der Waals surface area contributed by atoms with Gasteiger partial charge in [-0.25, -0.2) is 4.98 Å². The molecule has 0 atom stereocenters. The lowest BCUT2D eigenvalue weighted by Gasteiger charge is -2.13. The van der Waals surface area contributed by atoms with E-state index in [4.69, 9.17) is 4.74 Å². The summed E-state index contributed by atoms with van der Waals surface area (Å²) in [6.07, 6.45) is 1.96. The van der Waals surface area contributed by atoms with E-state index in [1.165, 1.54) is 17.3 Å². The lowest BCUT2D eigenvalue weighted by molar-refractivity contribution is -0.118. The van der Waals surface area contributed by atoms with E-state index in [2.05, 4.69) is 16.4 Å². The van der Waals surface area contributed by atoms with Crippen molar-refractivity contribution in [3.05, 3.63) is 63.9 Å². The van der Waals surface area contributed by atoms with E-state index in [1.807, 2.05) is 44.2 Å². The molecule has 0 unspecified atom stereocenters. The normalized spacial score (nSPS) is 13.4. The van der Waals surface area contributed by atoms with Crippen LogP contribution in [0.5, 0.6) is 5.75 Å². The highest BCUT2D eigenvalue weighted by atomic mass is 32.2. The first-order valence-electron chi connectivity index (χ1n) is 10.1. The van der Waals surface area contributed by atoms with Gasteiger partial charge in [0.15, 0.2) is 5.16 Å². The van der Waals surface area contributed by atoms with Gasteiger partial charge in [-0.2, -0.15) is 0 Å². The molecule has 0 spiro atoms. The fourth-order valence-electron chi connectivity index (χ4n) is 3.38. The molecule has 1 aliphatic rings. The zero-order chi connectivity index (χ0) is 21.1. The van der Waals surface area contributed by atoms with Crippen molar-refractivity contribution in [2.24, 2.45) is 0 Å². The van der Waals surface area contributed by atoms with Crippen molar-refractivity contribution >= 4 is 28.6 Å². The molecule has 2 aromatic carbocycles. The Morgan fingerprint density at radius 2 is 2.03 bits per heavy atom. The van der Waals surface area contributed by atoms with Crippen LogP contribution in [-0.4, -0.2) is 34.4 Å². The highest BCUT2D eigenvalue weighted by molar-refractivity contribution is 7.99. The van der Waals surface area contributed by atoms with Crippen molar-refractivity contribution < 1.29 is 9.53 Å². The van der Waals surface area contributed by atoms with Crippen molar-refractivity contribution in [3.63, 3.8) is 0 Å². The van der Waals surface area contributed by atoms with Crippen LogP contribution in [0.3, 0.4) is 0 Å². The van der Waals surface area contributed by atoms with Gasteiger partial charge in [-0.3, -0.25) is 14.2 Å². The zero-order valence-electron chi connectivity index (χ0n) is 17.2. The number of carbonyl (C=O) groups excluding carboxylic acids is 1. The van der Waals surface area contributed by atoms with Gasteiger partial charge in [-0.05, 0) is 50.5 Å². The molecule has 4 rings (SSSR count). The first-order chi connectivity index (χ1) is 14.5. The molecular formula is C23H25N3O3S. The molecule has 0 saturated heterocycles. The number of hydrogen-bond donors (Lipinski definition) is 1. The van der Waals surface area contributed by atoms with Gasteiger partial charge in [0.1, 0.15) is 12.4 Å². The fraction of sp³-hybridized carbons (Fsp3) is 0.348. The minimum Gasteiger partial charge on any atom is -0.491 e. The Balaban J connectivity index is 1.33. The third kappa shape index (κ3) is 4.67. The summed E-state index contributed by atoms with van der Waals surface area (Å²) in [5.41, 5.74) is 2.92. The van der Waals surface area contributed by atoms with Gasteiger partial charge in [0, 0.05) is 6.04 Å². The van der Waals surface area contributed by atoms with Crippen molar-refractivity contribution in [3.8, 4) is 5.75 Å². The number of aromatic nitrogens is 2. The average Bonchev–Trinajstić information content (AvgIpc) is 3.56. The molecule has 7 heteroatoms. The van der Waals surface area contributed by atoms with E-state index in [1.54, 1.807) is 10.6 Å². The zero-order valence-corrected chi connectivity index (χ0v) is 18.0. The van der Waals surface area contributed by atoms with Crippen molar-refractivity contribution in [2.75, 3.05) is 18.9 Å².